The molecule has 8 nitrogen and oxygen atoms in total. The molecule has 1 N–H and O–H groups in total. The number of esters is 1. The lowest BCUT2D eigenvalue weighted by atomic mass is 10.0. The summed E-state index contributed by atoms with van der Waals surface area (Å²) in [7, 11) is 0. The molecule has 9 heteroatoms. The maximum absolute atomic E-state index is 13.2. The Balaban J connectivity index is 1.49. The molecule has 0 bridgehead atoms. The summed E-state index contributed by atoms with van der Waals surface area (Å²) in [6.45, 7) is 7.51. The fourth-order valence-corrected chi connectivity index (χ4v) is 6.29. The van der Waals surface area contributed by atoms with Crippen molar-refractivity contribution in [3.05, 3.63) is 76.5 Å². The summed E-state index contributed by atoms with van der Waals surface area (Å²) in [5.41, 5.74) is 2.42. The minimum Gasteiger partial charge on any atom is -0.506 e. The zero-order valence-corrected chi connectivity index (χ0v) is 24.4. The van der Waals surface area contributed by atoms with Crippen molar-refractivity contribution in [2.45, 2.75) is 52.6 Å². The number of piperidine rings is 1. The van der Waals surface area contributed by atoms with Crippen molar-refractivity contribution in [2.75, 3.05) is 19.8 Å². The van der Waals surface area contributed by atoms with E-state index in [1.807, 2.05) is 65.1 Å². The van der Waals surface area contributed by atoms with E-state index in [0.29, 0.717) is 22.2 Å². The summed E-state index contributed by atoms with van der Waals surface area (Å²) < 4.78 is 12.7. The van der Waals surface area contributed by atoms with Gasteiger partial charge in [0.2, 0.25) is 5.91 Å². The van der Waals surface area contributed by atoms with Gasteiger partial charge in [0.25, 0.3) is 0 Å². The summed E-state index contributed by atoms with van der Waals surface area (Å²) in [6.07, 6.45) is 6.99. The molecule has 2 aliphatic heterocycles. The second kappa shape index (κ2) is 12.7. The van der Waals surface area contributed by atoms with Crippen LogP contribution in [0.3, 0.4) is 0 Å². The second-order valence-corrected chi connectivity index (χ2v) is 11.1. The van der Waals surface area contributed by atoms with Crippen LogP contribution in [0.2, 0.25) is 0 Å². The van der Waals surface area contributed by atoms with Crippen molar-refractivity contribution in [3.63, 3.8) is 0 Å². The van der Waals surface area contributed by atoms with Gasteiger partial charge in [-0.2, -0.15) is 0 Å². The van der Waals surface area contributed by atoms with Crippen molar-refractivity contribution in [3.8, 4) is 5.75 Å². The van der Waals surface area contributed by atoms with Gasteiger partial charge in [0.15, 0.2) is 0 Å². The van der Waals surface area contributed by atoms with E-state index in [1.165, 1.54) is 11.8 Å². The molecule has 0 saturated carbocycles. The Morgan fingerprint density at radius 1 is 1.10 bits per heavy atom. The zero-order valence-electron chi connectivity index (χ0n) is 23.6. The predicted octanol–water partition coefficient (Wildman–Crippen LogP) is 6.63. The smallest absolute Gasteiger partial charge is 0.344 e. The van der Waals surface area contributed by atoms with Crippen molar-refractivity contribution in [1.82, 2.24) is 9.47 Å². The number of amides is 1. The van der Waals surface area contributed by atoms with Gasteiger partial charge in [-0.15, -0.1) is 0 Å². The van der Waals surface area contributed by atoms with Crippen LogP contribution in [0, 0.1) is 0 Å². The third kappa shape index (κ3) is 6.20. The van der Waals surface area contributed by atoms with Gasteiger partial charge in [0.05, 0.1) is 23.8 Å². The average molecular weight is 574 g/mol. The number of aromatic nitrogens is 1. The largest absolute Gasteiger partial charge is 0.506 e. The minimum absolute atomic E-state index is 0.0370. The molecule has 3 heterocycles. The van der Waals surface area contributed by atoms with E-state index in [9.17, 15) is 14.7 Å². The number of para-hydroxylation sites is 1. The molecular formula is C32H35N3O5S. The first-order valence-corrected chi connectivity index (χ1v) is 14.9. The number of nitrogens with zero attached hydrogens (tertiary/aromatic N) is 3. The Morgan fingerprint density at radius 2 is 1.88 bits per heavy atom. The predicted molar refractivity (Wildman–Crippen MR) is 164 cm³/mol. The molecule has 0 spiro atoms. The molecule has 1 amide bonds. The van der Waals surface area contributed by atoms with Crippen molar-refractivity contribution >= 4 is 51.3 Å². The number of thioether (sulfide) groups is 1. The number of ether oxygens (including phenoxy) is 2. The number of benzene rings is 2. The van der Waals surface area contributed by atoms with Gasteiger partial charge in [0, 0.05) is 35.2 Å². The molecule has 0 unspecified atom stereocenters. The van der Waals surface area contributed by atoms with Crippen molar-refractivity contribution in [1.29, 1.82) is 0 Å². The van der Waals surface area contributed by atoms with E-state index in [0.717, 1.165) is 48.0 Å². The Bertz CT molecular complexity index is 1540. The number of aliphatic imine (C=N–C) groups is 1. The van der Waals surface area contributed by atoms with E-state index < -0.39 is 5.97 Å². The third-order valence-electron chi connectivity index (χ3n) is 7.28. The standard InChI is InChI=1S/C32H35N3O5S/c1-4-39-24-15-13-23(14-16-24)33-31-29(32(38)40-5-2)30(37)27(41-31)18-22-19-34(26-12-7-6-11-25(22)26)20-28(36)35-17-9-8-10-21(35)3/h6-7,11-16,18-19,21,37H,4-5,8-10,17,20H2,1-3H3/b27-18-,33-31?/t21-/m0/s1. The van der Waals surface area contributed by atoms with Crippen LogP contribution in [0.25, 0.3) is 17.0 Å². The van der Waals surface area contributed by atoms with Crippen molar-refractivity contribution < 1.29 is 24.2 Å². The van der Waals surface area contributed by atoms with Gasteiger partial charge in [-0.25, -0.2) is 9.79 Å². The number of fused-ring (bicyclic) bond motifs is 1. The molecule has 0 radical (unpaired) electrons. The van der Waals surface area contributed by atoms with Crippen LogP contribution in [0.1, 0.15) is 45.6 Å². The first-order chi connectivity index (χ1) is 19.9. The normalized spacial score (nSPS) is 19.4. The Morgan fingerprint density at radius 3 is 2.61 bits per heavy atom. The highest BCUT2D eigenvalue weighted by molar-refractivity contribution is 8.18. The van der Waals surface area contributed by atoms with Crippen LogP contribution >= 0.6 is 11.8 Å². The lowest BCUT2D eigenvalue weighted by Crippen LogP contribution is -2.43. The molecule has 41 heavy (non-hydrogen) atoms. The SMILES string of the molecule is CCOC(=O)C1=C(O)/C(=C/c2cn(CC(=O)N3CCCC[C@@H]3C)c3ccccc23)SC1=Nc1ccc(OCC)cc1. The number of hydrogen-bond donors (Lipinski definition) is 1. The minimum atomic E-state index is -0.630. The maximum Gasteiger partial charge on any atom is 0.344 e. The molecule has 3 aromatic rings. The molecular weight excluding hydrogens is 538 g/mol. The number of hydrogen-bond acceptors (Lipinski definition) is 7. The highest BCUT2D eigenvalue weighted by Crippen LogP contribution is 2.41. The van der Waals surface area contributed by atoms with Crippen LogP contribution in [-0.2, 0) is 20.9 Å². The molecule has 1 aromatic heterocycles. The van der Waals surface area contributed by atoms with E-state index in [-0.39, 0.29) is 36.4 Å². The first kappa shape index (κ1) is 28.5. The summed E-state index contributed by atoms with van der Waals surface area (Å²) >= 11 is 1.21. The highest BCUT2D eigenvalue weighted by Gasteiger charge is 2.33. The number of likely N-dealkylation sites (tertiary alicyclic amines) is 1. The summed E-state index contributed by atoms with van der Waals surface area (Å²) in [6, 6.07) is 15.3. The average Bonchev–Trinajstić information content (AvgIpc) is 3.46. The van der Waals surface area contributed by atoms with Crippen LogP contribution in [0.4, 0.5) is 5.69 Å². The van der Waals surface area contributed by atoms with Gasteiger partial charge in [-0.3, -0.25) is 4.79 Å². The Hall–Kier alpha value is -3.98. The quantitative estimate of drug-likeness (QED) is 0.304. The number of aliphatic hydroxyl groups excluding tert-OH is 1. The topological polar surface area (TPSA) is 93.4 Å². The molecule has 0 aliphatic carbocycles. The molecule has 1 fully saturated rings. The van der Waals surface area contributed by atoms with Gasteiger partial charge >= 0.3 is 5.97 Å². The molecule has 2 aliphatic rings. The van der Waals surface area contributed by atoms with Crippen LogP contribution < -0.4 is 4.74 Å². The summed E-state index contributed by atoms with van der Waals surface area (Å²) in [5, 5.41) is 12.5. The number of aliphatic hydroxyl groups is 1. The highest BCUT2D eigenvalue weighted by atomic mass is 32.2. The number of rotatable bonds is 8. The summed E-state index contributed by atoms with van der Waals surface area (Å²) in [4.78, 5) is 33.2. The van der Waals surface area contributed by atoms with Gasteiger partial charge < -0.3 is 24.0 Å². The van der Waals surface area contributed by atoms with Crippen LogP contribution in [0.5, 0.6) is 5.75 Å². The van der Waals surface area contributed by atoms with E-state index in [4.69, 9.17) is 9.47 Å². The second-order valence-electron chi connectivity index (χ2n) is 10.1. The number of carbonyl (C=O) groups is 2. The fourth-order valence-electron chi connectivity index (χ4n) is 5.26. The van der Waals surface area contributed by atoms with Crippen LogP contribution in [0.15, 0.2) is 76.0 Å². The third-order valence-corrected chi connectivity index (χ3v) is 8.30. The maximum atomic E-state index is 13.2. The van der Waals surface area contributed by atoms with Gasteiger partial charge in [-0.05, 0) is 76.4 Å². The van der Waals surface area contributed by atoms with Gasteiger partial charge in [0.1, 0.15) is 28.7 Å². The van der Waals surface area contributed by atoms with E-state index >= 15 is 0 Å². The molecule has 214 valence electrons. The molecule has 1 saturated heterocycles. The lowest BCUT2D eigenvalue weighted by molar-refractivity contribution is -0.138. The van der Waals surface area contributed by atoms with Crippen molar-refractivity contribution in [2.24, 2.45) is 4.99 Å². The lowest BCUT2D eigenvalue weighted by Gasteiger charge is -2.33. The van der Waals surface area contributed by atoms with Crippen LogP contribution in [-0.4, -0.2) is 57.3 Å². The molecule has 2 aromatic carbocycles. The zero-order chi connectivity index (χ0) is 28.9. The first-order valence-electron chi connectivity index (χ1n) is 14.1. The van der Waals surface area contributed by atoms with E-state index in [2.05, 4.69) is 11.9 Å². The van der Waals surface area contributed by atoms with E-state index in [1.54, 1.807) is 19.1 Å². The monoisotopic (exact) mass is 573 g/mol. The number of carbonyl (C=O) groups excluding carboxylic acids is 2. The summed E-state index contributed by atoms with van der Waals surface area (Å²) in [5.74, 6) is 0.0247. The Labute approximate surface area is 244 Å². The molecule has 5 rings (SSSR count). The molecule has 1 atom stereocenters. The van der Waals surface area contributed by atoms with Gasteiger partial charge in [-0.1, -0.05) is 30.0 Å². The Kier molecular flexibility index (Phi) is 8.83. The fraction of sp³-hybridized carbons (Fsp3) is 0.344.